The highest BCUT2D eigenvalue weighted by molar-refractivity contribution is 8.00. The van der Waals surface area contributed by atoms with Crippen molar-refractivity contribution >= 4 is 63.7 Å². The van der Waals surface area contributed by atoms with Gasteiger partial charge in [-0.05, 0) is 32.4 Å². The summed E-state index contributed by atoms with van der Waals surface area (Å²) in [6.45, 7) is 5.43. The summed E-state index contributed by atoms with van der Waals surface area (Å²) < 4.78 is 15.0. The Morgan fingerprint density at radius 3 is 2.59 bits per heavy atom. The van der Waals surface area contributed by atoms with E-state index in [0.717, 1.165) is 16.2 Å². The molecule has 39 heavy (non-hydrogen) atoms. The maximum atomic E-state index is 13.1. The van der Waals surface area contributed by atoms with E-state index in [-0.39, 0.29) is 28.9 Å². The number of β-lactam (4-membered cyclic amide) rings is 1. The Morgan fingerprint density at radius 1 is 1.28 bits per heavy atom. The van der Waals surface area contributed by atoms with E-state index < -0.39 is 59.1 Å². The van der Waals surface area contributed by atoms with Gasteiger partial charge in [0.1, 0.15) is 29.4 Å². The molecule has 0 radical (unpaired) electrons. The molecule has 0 aromatic carbocycles. The van der Waals surface area contributed by atoms with Crippen molar-refractivity contribution in [1.29, 1.82) is 0 Å². The average molecular weight is 582 g/mol. The van der Waals surface area contributed by atoms with Crippen molar-refractivity contribution in [2.75, 3.05) is 24.9 Å². The number of fused-ring (bicyclic) bond motifs is 1. The van der Waals surface area contributed by atoms with E-state index >= 15 is 0 Å². The van der Waals surface area contributed by atoms with Gasteiger partial charge in [0, 0.05) is 18.1 Å². The third-order valence-electron chi connectivity index (χ3n) is 5.25. The number of aromatic nitrogens is 1. The smallest absolute Gasteiger partial charge is 0.358 e. The van der Waals surface area contributed by atoms with Crippen molar-refractivity contribution in [1.82, 2.24) is 15.2 Å². The summed E-state index contributed by atoms with van der Waals surface area (Å²) in [6.07, 6.45) is 3.02. The number of anilines is 1. The predicted molar refractivity (Wildman–Crippen MR) is 139 cm³/mol. The Kier molecular flexibility index (Phi) is 9.34. The highest BCUT2D eigenvalue weighted by Gasteiger charge is 2.54. The van der Waals surface area contributed by atoms with Crippen molar-refractivity contribution in [2.45, 2.75) is 39.1 Å². The number of esters is 3. The monoisotopic (exact) mass is 581 g/mol. The number of thioether (sulfide) groups is 1. The zero-order chi connectivity index (χ0) is 28.9. The normalized spacial score (nSPS) is 19.3. The molecule has 0 spiro atoms. The number of hydrogen-bond acceptors (Lipinski definition) is 14. The molecule has 2 atom stereocenters. The van der Waals surface area contributed by atoms with Gasteiger partial charge in [0.2, 0.25) is 6.79 Å². The van der Waals surface area contributed by atoms with E-state index in [1.807, 2.05) is 0 Å². The van der Waals surface area contributed by atoms with Crippen molar-refractivity contribution in [3.63, 3.8) is 0 Å². The second kappa shape index (κ2) is 12.3. The van der Waals surface area contributed by atoms with Crippen LogP contribution in [0.3, 0.4) is 0 Å². The minimum Gasteiger partial charge on any atom is -0.462 e. The number of amides is 2. The summed E-state index contributed by atoms with van der Waals surface area (Å²) in [4.78, 5) is 67.0. The molecule has 1 aromatic rings. The van der Waals surface area contributed by atoms with Crippen LogP contribution in [0.4, 0.5) is 5.13 Å². The fourth-order valence-electron chi connectivity index (χ4n) is 3.36. The van der Waals surface area contributed by atoms with Crippen molar-refractivity contribution in [2.24, 2.45) is 10.6 Å². The lowest BCUT2D eigenvalue weighted by Crippen LogP contribution is -2.71. The number of nitrogens with two attached hydrogens (primary N) is 1. The molecule has 4 N–H and O–H groups in total. The van der Waals surface area contributed by atoms with Gasteiger partial charge in [0.25, 0.3) is 11.8 Å². The van der Waals surface area contributed by atoms with E-state index in [1.54, 1.807) is 20.8 Å². The molecule has 2 amide bonds. The molecule has 3 heterocycles. The lowest BCUT2D eigenvalue weighted by atomic mass is 9.98. The summed E-state index contributed by atoms with van der Waals surface area (Å²) in [7, 11) is 0. The highest BCUT2D eigenvalue weighted by atomic mass is 32.2. The van der Waals surface area contributed by atoms with Crippen LogP contribution in [0.25, 0.3) is 0 Å². The van der Waals surface area contributed by atoms with Gasteiger partial charge < -0.3 is 30.5 Å². The molecule has 0 saturated carbocycles. The molecule has 16 heteroatoms. The first-order valence-electron chi connectivity index (χ1n) is 11.4. The number of thiazole rings is 1. The molecule has 1 saturated heterocycles. The molecule has 3 rings (SSSR count). The molecule has 1 aromatic heterocycles. The molecular formula is C23H27N5O9S2. The number of carbonyl (C=O) groups is 5. The van der Waals surface area contributed by atoms with E-state index in [9.17, 15) is 29.2 Å². The number of nitrogens with one attached hydrogen (secondary N) is 1. The number of nitrogens with zero attached hydrogens (tertiary/aromatic N) is 3. The third-order valence-corrected chi connectivity index (χ3v) is 7.23. The Labute approximate surface area is 231 Å². The maximum absolute atomic E-state index is 13.1. The van der Waals surface area contributed by atoms with Crippen LogP contribution in [0, 0.1) is 5.41 Å². The standard InChI is InChI=1S/C23H27N5O9S2/c1-11(29)35-7-5-6-12-8-38-19-15(26-17(30)14(27-34)13-9-39-22(24)25-13)18(31)28(19)16(12)20(32)36-10-37-21(33)23(2,3)4/h5-6,9,15,19,34H,7-8,10H2,1-4H3,(H2,24,25)(H,26,30)/b6-5+,27-14-/t15-,19-/m1/s1. The Balaban J connectivity index is 1.77. The third kappa shape index (κ3) is 6.94. The number of nitrogen functional groups attached to an aromatic ring is 1. The fraction of sp³-hybridized carbons (Fsp3) is 0.435. The summed E-state index contributed by atoms with van der Waals surface area (Å²) >= 11 is 2.29. The number of carbonyl (C=O) groups excluding carboxylic acids is 5. The molecule has 2 aliphatic heterocycles. The highest BCUT2D eigenvalue weighted by Crippen LogP contribution is 2.41. The Morgan fingerprint density at radius 2 is 2.00 bits per heavy atom. The second-order valence-electron chi connectivity index (χ2n) is 9.19. The second-order valence-corrected chi connectivity index (χ2v) is 11.2. The number of rotatable bonds is 9. The first-order valence-corrected chi connectivity index (χ1v) is 13.3. The zero-order valence-electron chi connectivity index (χ0n) is 21.5. The molecule has 1 fully saturated rings. The largest absolute Gasteiger partial charge is 0.462 e. The van der Waals surface area contributed by atoms with Crippen LogP contribution in [0.15, 0.2) is 34.0 Å². The summed E-state index contributed by atoms with van der Waals surface area (Å²) in [5.41, 5.74) is 4.65. The topological polar surface area (TPSA) is 200 Å². The SMILES string of the molecule is CC(=O)OC/C=C/C1=C(C(=O)OCOC(=O)C(C)(C)C)N2C(=O)[C@@H](NC(=O)/C(=N\O)c3csc(N)n3)[C@H]2SC1. The van der Waals surface area contributed by atoms with Crippen LogP contribution in [0.1, 0.15) is 33.4 Å². The van der Waals surface area contributed by atoms with Crippen molar-refractivity contribution in [3.05, 3.63) is 34.5 Å². The molecule has 210 valence electrons. The Bertz CT molecular complexity index is 1260. The van der Waals surface area contributed by atoms with Crippen LogP contribution in [-0.4, -0.2) is 81.1 Å². The first-order chi connectivity index (χ1) is 18.3. The molecule has 0 bridgehead atoms. The van der Waals surface area contributed by atoms with E-state index in [2.05, 4.69) is 15.5 Å². The van der Waals surface area contributed by atoms with E-state index in [4.69, 9.17) is 19.9 Å². The van der Waals surface area contributed by atoms with Gasteiger partial charge in [-0.1, -0.05) is 11.2 Å². The number of oxime groups is 1. The van der Waals surface area contributed by atoms with Gasteiger partial charge in [-0.25, -0.2) is 9.78 Å². The zero-order valence-corrected chi connectivity index (χ0v) is 23.1. The van der Waals surface area contributed by atoms with Crippen LogP contribution in [0.2, 0.25) is 0 Å². The number of allylic oxidation sites excluding steroid dienone is 1. The van der Waals surface area contributed by atoms with Gasteiger partial charge in [-0.15, -0.1) is 23.1 Å². The molecule has 14 nitrogen and oxygen atoms in total. The van der Waals surface area contributed by atoms with Crippen LogP contribution >= 0.6 is 23.1 Å². The van der Waals surface area contributed by atoms with E-state index in [0.29, 0.717) is 5.57 Å². The lowest BCUT2D eigenvalue weighted by molar-refractivity contribution is -0.173. The van der Waals surface area contributed by atoms with Crippen molar-refractivity contribution in [3.8, 4) is 0 Å². The predicted octanol–water partition coefficient (Wildman–Crippen LogP) is 0.767. The summed E-state index contributed by atoms with van der Waals surface area (Å²) in [5, 5.41) is 15.7. The van der Waals surface area contributed by atoms with Gasteiger partial charge in [-0.3, -0.25) is 24.1 Å². The lowest BCUT2D eigenvalue weighted by Gasteiger charge is -2.49. The van der Waals surface area contributed by atoms with Gasteiger partial charge in [0.05, 0.1) is 5.41 Å². The molecule has 0 aliphatic carbocycles. The van der Waals surface area contributed by atoms with Gasteiger partial charge in [0.15, 0.2) is 10.8 Å². The van der Waals surface area contributed by atoms with E-state index in [1.165, 1.54) is 36.2 Å². The van der Waals surface area contributed by atoms with Gasteiger partial charge >= 0.3 is 17.9 Å². The van der Waals surface area contributed by atoms with Gasteiger partial charge in [-0.2, -0.15) is 0 Å². The number of hydrogen-bond donors (Lipinski definition) is 3. The average Bonchev–Trinajstić information content (AvgIpc) is 3.29. The minimum absolute atomic E-state index is 0.0339. The molecule has 2 aliphatic rings. The molecule has 0 unspecified atom stereocenters. The summed E-state index contributed by atoms with van der Waals surface area (Å²) in [5.74, 6) is -3.27. The minimum atomic E-state index is -1.05. The quantitative estimate of drug-likeness (QED) is 0.0925. The Hall–Kier alpha value is -3.92. The summed E-state index contributed by atoms with van der Waals surface area (Å²) in [6, 6.07) is -1.05. The van der Waals surface area contributed by atoms with Crippen LogP contribution < -0.4 is 11.1 Å². The number of ether oxygens (including phenoxy) is 3. The molecular weight excluding hydrogens is 554 g/mol. The fourth-order valence-corrected chi connectivity index (χ4v) is 5.22. The van der Waals surface area contributed by atoms with Crippen LogP contribution in [0.5, 0.6) is 0 Å². The van der Waals surface area contributed by atoms with Crippen LogP contribution in [-0.2, 0) is 38.2 Å². The first kappa shape index (κ1) is 29.6. The maximum Gasteiger partial charge on any atom is 0.358 e. The van der Waals surface area contributed by atoms with Crippen molar-refractivity contribution < 1.29 is 43.4 Å².